The molecule has 1 atom stereocenters. The van der Waals surface area contributed by atoms with E-state index in [4.69, 9.17) is 0 Å². The Kier molecular flexibility index (Phi) is 3.38. The number of aromatic nitrogens is 1. The average molecular weight is 322 g/mol. The molecule has 0 saturated heterocycles. The summed E-state index contributed by atoms with van der Waals surface area (Å²) in [5.41, 5.74) is 0.661. The Balaban J connectivity index is 2.51. The van der Waals surface area contributed by atoms with E-state index >= 15 is 0 Å². The molecule has 2 aromatic rings. The first-order valence-corrected chi connectivity index (χ1v) is 7.71. The molecule has 1 heterocycles. The number of aromatic carboxylic acids is 1. The summed E-state index contributed by atoms with van der Waals surface area (Å²) < 4.78 is 1.47. The third-order valence-corrected chi connectivity index (χ3v) is 4.81. The van der Waals surface area contributed by atoms with E-state index in [0.717, 1.165) is 0 Å². The molecular weight excluding hydrogens is 304 g/mol. The summed E-state index contributed by atoms with van der Waals surface area (Å²) in [6.07, 6.45) is 1.18. The van der Waals surface area contributed by atoms with Gasteiger partial charge in [0.2, 0.25) is 0 Å². The Morgan fingerprint density at radius 2 is 1.88 bits per heavy atom. The van der Waals surface area contributed by atoms with E-state index in [1.54, 1.807) is 31.2 Å². The summed E-state index contributed by atoms with van der Waals surface area (Å²) in [6, 6.07) is 11.2. The molecule has 0 aliphatic heterocycles. The molecule has 1 aliphatic rings. The number of fused-ring (bicyclic) bond motifs is 1. The van der Waals surface area contributed by atoms with Crippen LogP contribution in [0.25, 0.3) is 5.69 Å². The van der Waals surface area contributed by atoms with E-state index < -0.39 is 16.8 Å². The number of rotatable bonds is 3. The molecule has 1 aromatic heterocycles. The van der Waals surface area contributed by atoms with Crippen LogP contribution in [0.5, 0.6) is 0 Å². The van der Waals surface area contributed by atoms with E-state index in [-0.39, 0.29) is 5.69 Å². The predicted molar refractivity (Wildman–Crippen MR) is 88.7 cm³/mol. The molecule has 0 bridgehead atoms. The van der Waals surface area contributed by atoms with Crippen molar-refractivity contribution in [2.24, 2.45) is 0 Å². The molecule has 5 heteroatoms. The van der Waals surface area contributed by atoms with Gasteiger partial charge in [0.05, 0.1) is 17.2 Å². The molecule has 0 saturated carbocycles. The van der Waals surface area contributed by atoms with Crippen molar-refractivity contribution >= 4 is 12.3 Å². The summed E-state index contributed by atoms with van der Waals surface area (Å²) in [5, 5.41) is 19.6. The zero-order valence-corrected chi connectivity index (χ0v) is 13.8. The standard InChI is InChI=1S/C19H18N2O3/c1-18(2)10-19(3,11-20)15-14(18)13(9-22)21(16(15)17(23)24)12-7-5-4-6-8-12/h4-9H,10H2,1-3H3,(H,23,24). The fraction of sp³-hybridized carbons (Fsp3) is 0.316. The van der Waals surface area contributed by atoms with Gasteiger partial charge in [-0.3, -0.25) is 4.79 Å². The quantitative estimate of drug-likeness (QED) is 0.877. The number of para-hydroxylation sites is 1. The number of hydrogen-bond acceptors (Lipinski definition) is 3. The second kappa shape index (κ2) is 5.07. The van der Waals surface area contributed by atoms with Crippen LogP contribution < -0.4 is 0 Å². The first kappa shape index (κ1) is 16.0. The topological polar surface area (TPSA) is 83.1 Å². The highest BCUT2D eigenvalue weighted by Crippen LogP contribution is 2.53. The SMILES string of the molecule is CC1(C)CC(C)(C#N)c2c1c(C=O)n(-c1ccccc1)c2C(=O)O. The van der Waals surface area contributed by atoms with Gasteiger partial charge >= 0.3 is 5.97 Å². The van der Waals surface area contributed by atoms with E-state index in [1.807, 2.05) is 19.9 Å². The Hall–Kier alpha value is -2.87. The third-order valence-electron chi connectivity index (χ3n) is 4.81. The van der Waals surface area contributed by atoms with Crippen LogP contribution >= 0.6 is 0 Å². The molecule has 3 rings (SSSR count). The Morgan fingerprint density at radius 3 is 2.38 bits per heavy atom. The Labute approximate surface area is 140 Å². The van der Waals surface area contributed by atoms with Gasteiger partial charge in [-0.05, 0) is 36.5 Å². The van der Waals surface area contributed by atoms with Gasteiger partial charge < -0.3 is 9.67 Å². The number of carboxylic acid groups (broad SMARTS) is 1. The van der Waals surface area contributed by atoms with Crippen molar-refractivity contribution in [3.63, 3.8) is 0 Å². The van der Waals surface area contributed by atoms with Crippen molar-refractivity contribution < 1.29 is 14.7 Å². The van der Waals surface area contributed by atoms with Gasteiger partial charge in [0.15, 0.2) is 6.29 Å². The molecule has 1 aromatic carbocycles. The summed E-state index contributed by atoms with van der Waals surface area (Å²) in [4.78, 5) is 23.9. The molecule has 0 radical (unpaired) electrons. The van der Waals surface area contributed by atoms with Crippen molar-refractivity contribution in [3.05, 3.63) is 52.8 Å². The normalized spacial score (nSPS) is 21.1. The molecular formula is C19H18N2O3. The van der Waals surface area contributed by atoms with E-state index in [9.17, 15) is 20.0 Å². The average Bonchev–Trinajstić information content (AvgIpc) is 3.00. The van der Waals surface area contributed by atoms with Crippen molar-refractivity contribution in [1.29, 1.82) is 5.26 Å². The highest BCUT2D eigenvalue weighted by molar-refractivity contribution is 5.95. The Bertz CT molecular complexity index is 888. The lowest BCUT2D eigenvalue weighted by atomic mass is 9.80. The van der Waals surface area contributed by atoms with Crippen LogP contribution in [0.2, 0.25) is 0 Å². The maximum atomic E-state index is 12.1. The molecule has 1 unspecified atom stereocenters. The number of hydrogen-bond donors (Lipinski definition) is 1. The number of carboxylic acids is 1. The molecule has 122 valence electrons. The first-order chi connectivity index (χ1) is 11.3. The van der Waals surface area contributed by atoms with Gasteiger partial charge in [-0.2, -0.15) is 5.26 Å². The van der Waals surface area contributed by atoms with Crippen LogP contribution in [0.1, 0.15) is 59.3 Å². The number of aldehydes is 1. The van der Waals surface area contributed by atoms with Crippen molar-refractivity contribution in [2.45, 2.75) is 38.0 Å². The lowest BCUT2D eigenvalue weighted by Gasteiger charge is -2.24. The van der Waals surface area contributed by atoms with Gasteiger partial charge in [-0.1, -0.05) is 32.0 Å². The molecule has 24 heavy (non-hydrogen) atoms. The minimum Gasteiger partial charge on any atom is -0.477 e. The van der Waals surface area contributed by atoms with E-state index in [0.29, 0.717) is 35.2 Å². The molecule has 1 N–H and O–H groups in total. The zero-order valence-electron chi connectivity index (χ0n) is 13.8. The van der Waals surface area contributed by atoms with Crippen LogP contribution in [0.15, 0.2) is 30.3 Å². The van der Waals surface area contributed by atoms with Crippen LogP contribution in [-0.2, 0) is 10.8 Å². The van der Waals surface area contributed by atoms with Crippen LogP contribution in [0.4, 0.5) is 0 Å². The molecule has 0 amide bonds. The van der Waals surface area contributed by atoms with E-state index in [2.05, 4.69) is 6.07 Å². The minimum absolute atomic E-state index is 0.00734. The number of nitrogens with zero attached hydrogens (tertiary/aromatic N) is 2. The number of benzene rings is 1. The maximum Gasteiger partial charge on any atom is 0.353 e. The zero-order chi connectivity index (χ0) is 17.7. The highest BCUT2D eigenvalue weighted by atomic mass is 16.4. The number of nitriles is 1. The highest BCUT2D eigenvalue weighted by Gasteiger charge is 2.51. The van der Waals surface area contributed by atoms with Crippen LogP contribution in [0.3, 0.4) is 0 Å². The van der Waals surface area contributed by atoms with E-state index in [1.165, 1.54) is 4.57 Å². The molecule has 0 spiro atoms. The summed E-state index contributed by atoms with van der Waals surface area (Å²) in [5.74, 6) is -1.14. The second-order valence-electron chi connectivity index (χ2n) is 7.08. The van der Waals surface area contributed by atoms with Crippen molar-refractivity contribution in [3.8, 4) is 11.8 Å². The smallest absolute Gasteiger partial charge is 0.353 e. The monoisotopic (exact) mass is 322 g/mol. The van der Waals surface area contributed by atoms with Gasteiger partial charge in [0.1, 0.15) is 5.69 Å². The lowest BCUT2D eigenvalue weighted by Crippen LogP contribution is -2.24. The van der Waals surface area contributed by atoms with Gasteiger partial charge in [0, 0.05) is 11.3 Å². The number of carbonyl (C=O) groups excluding carboxylic acids is 1. The van der Waals surface area contributed by atoms with Crippen LogP contribution in [-0.4, -0.2) is 21.9 Å². The first-order valence-electron chi connectivity index (χ1n) is 7.71. The van der Waals surface area contributed by atoms with Gasteiger partial charge in [-0.15, -0.1) is 0 Å². The van der Waals surface area contributed by atoms with Gasteiger partial charge in [-0.25, -0.2) is 4.79 Å². The van der Waals surface area contributed by atoms with Gasteiger partial charge in [0.25, 0.3) is 0 Å². The van der Waals surface area contributed by atoms with Crippen molar-refractivity contribution in [1.82, 2.24) is 4.57 Å². The summed E-state index contributed by atoms with van der Waals surface area (Å²) in [7, 11) is 0. The fourth-order valence-electron chi connectivity index (χ4n) is 4.13. The van der Waals surface area contributed by atoms with Crippen LogP contribution in [0, 0.1) is 11.3 Å². The fourth-order valence-corrected chi connectivity index (χ4v) is 4.13. The number of carbonyl (C=O) groups is 2. The van der Waals surface area contributed by atoms with Crippen molar-refractivity contribution in [2.75, 3.05) is 0 Å². The summed E-state index contributed by atoms with van der Waals surface area (Å²) >= 11 is 0. The predicted octanol–water partition coefficient (Wildman–Crippen LogP) is 3.45. The molecule has 0 fully saturated rings. The molecule has 5 nitrogen and oxygen atoms in total. The molecule has 1 aliphatic carbocycles. The lowest BCUT2D eigenvalue weighted by molar-refractivity contribution is 0.0685. The Morgan fingerprint density at radius 1 is 1.25 bits per heavy atom. The maximum absolute atomic E-state index is 12.1. The second-order valence-corrected chi connectivity index (χ2v) is 7.08. The summed E-state index contributed by atoms with van der Waals surface area (Å²) in [6.45, 7) is 5.64. The largest absolute Gasteiger partial charge is 0.477 e. The third kappa shape index (κ3) is 2.00. The minimum atomic E-state index is -1.14.